The number of nitrogens with one attached hydrogen (secondary N) is 1. The van der Waals surface area contributed by atoms with Crippen LogP contribution >= 0.6 is 34.8 Å². The number of aliphatic imine (C=N–C) groups is 1. The van der Waals surface area contributed by atoms with Gasteiger partial charge in [0.15, 0.2) is 9.84 Å². The van der Waals surface area contributed by atoms with E-state index in [4.69, 9.17) is 44.5 Å². The van der Waals surface area contributed by atoms with E-state index in [1.54, 1.807) is 4.90 Å². The maximum absolute atomic E-state index is 15.2. The smallest absolute Gasteiger partial charge is 0.326 e. The van der Waals surface area contributed by atoms with Crippen molar-refractivity contribution in [2.24, 2.45) is 10.4 Å². The lowest BCUT2D eigenvalue weighted by Crippen LogP contribution is -2.59. The summed E-state index contributed by atoms with van der Waals surface area (Å²) in [6.07, 6.45) is 5.13. The highest BCUT2D eigenvalue weighted by Crippen LogP contribution is 2.54. The van der Waals surface area contributed by atoms with Gasteiger partial charge in [-0.25, -0.2) is 13.2 Å². The molecule has 3 aromatic rings. The lowest BCUT2D eigenvalue weighted by atomic mass is 9.70. The average Bonchev–Trinajstić information content (AvgIpc) is 3.29. The first-order chi connectivity index (χ1) is 22.7. The molecule has 2 atom stereocenters. The molecule has 3 heterocycles. The predicted octanol–water partition coefficient (Wildman–Crippen LogP) is 7.93. The quantitative estimate of drug-likeness (QED) is 0.278. The third-order valence-corrected chi connectivity index (χ3v) is 12.7. The van der Waals surface area contributed by atoms with Crippen molar-refractivity contribution in [3.05, 3.63) is 92.4 Å². The van der Waals surface area contributed by atoms with Gasteiger partial charge >= 0.3 is 6.03 Å². The molecule has 0 unspecified atom stereocenters. The van der Waals surface area contributed by atoms with Crippen molar-refractivity contribution in [2.75, 3.05) is 39.0 Å². The second-order valence-electron chi connectivity index (χ2n) is 13.4. The number of hydrogen-bond acceptors (Lipinski definition) is 6. The van der Waals surface area contributed by atoms with Crippen LogP contribution < -0.4 is 10.1 Å². The number of rotatable bonds is 6. The van der Waals surface area contributed by atoms with Gasteiger partial charge in [-0.15, -0.1) is 0 Å². The monoisotopic (exact) mass is 730 g/mol. The Hall–Kier alpha value is -2.82. The minimum atomic E-state index is -3.75. The van der Waals surface area contributed by atoms with Crippen molar-refractivity contribution in [1.82, 2.24) is 15.1 Å². The van der Waals surface area contributed by atoms with Crippen molar-refractivity contribution in [3.8, 4) is 5.75 Å². The lowest BCUT2D eigenvalue weighted by molar-refractivity contribution is 0.0623. The van der Waals surface area contributed by atoms with Crippen molar-refractivity contribution in [3.63, 3.8) is 0 Å². The molecular formula is C36H41Cl3N4O4S. The number of sulfone groups is 1. The summed E-state index contributed by atoms with van der Waals surface area (Å²) >= 11 is 19.3. The van der Waals surface area contributed by atoms with E-state index in [-0.39, 0.29) is 28.0 Å². The molecule has 3 aliphatic rings. The first-order valence-corrected chi connectivity index (χ1v) is 19.3. The Bertz CT molecular complexity index is 1840. The molecule has 0 aliphatic carbocycles. The molecule has 0 aromatic heterocycles. The van der Waals surface area contributed by atoms with Crippen LogP contribution in [0.3, 0.4) is 0 Å². The minimum absolute atomic E-state index is 0.0328. The Morgan fingerprint density at radius 3 is 2.00 bits per heavy atom. The number of ether oxygens (including phenoxy) is 1. The molecule has 256 valence electrons. The number of amides is 2. The fraction of sp³-hybridized carbons (Fsp3) is 0.444. The van der Waals surface area contributed by atoms with E-state index in [2.05, 4.69) is 5.32 Å². The van der Waals surface area contributed by atoms with Crippen LogP contribution in [0.4, 0.5) is 4.79 Å². The number of halogens is 3. The molecule has 2 fully saturated rings. The molecule has 3 aromatic carbocycles. The van der Waals surface area contributed by atoms with Gasteiger partial charge in [0.2, 0.25) is 0 Å². The highest BCUT2D eigenvalue weighted by atomic mass is 35.5. The SMILES string of the molecule is CCOc1cc(Cl)c(S(C)(=O)=O)cc1C1=N[C@@](C)(c2ccc(Cl)cc2)[C@@](C)(c2ccc(Cl)cc2)N1C(=O)N1CCC2(CCNCC2)CC1. The van der Waals surface area contributed by atoms with E-state index in [9.17, 15) is 8.42 Å². The zero-order valence-corrected chi connectivity index (χ0v) is 30.7. The van der Waals surface area contributed by atoms with Gasteiger partial charge < -0.3 is 15.0 Å². The number of carbonyl (C=O) groups is 1. The third-order valence-electron chi connectivity index (χ3n) is 10.7. The van der Waals surface area contributed by atoms with Crippen LogP contribution in [0.25, 0.3) is 0 Å². The van der Waals surface area contributed by atoms with Crippen molar-refractivity contribution in [2.45, 2.75) is 62.4 Å². The normalized spacial score (nSPS) is 24.1. The third kappa shape index (κ3) is 6.10. The fourth-order valence-corrected chi connectivity index (χ4v) is 9.18. The zero-order valence-electron chi connectivity index (χ0n) is 27.7. The van der Waals surface area contributed by atoms with Gasteiger partial charge in [-0.1, -0.05) is 59.1 Å². The Kier molecular flexibility index (Phi) is 9.59. The summed E-state index contributed by atoms with van der Waals surface area (Å²) in [4.78, 5) is 24.2. The first kappa shape index (κ1) is 35.0. The summed E-state index contributed by atoms with van der Waals surface area (Å²) in [7, 11) is -3.75. The van der Waals surface area contributed by atoms with Gasteiger partial charge in [0.05, 0.1) is 22.1 Å². The molecule has 12 heteroatoms. The largest absolute Gasteiger partial charge is 0.493 e. The number of piperidine rings is 2. The summed E-state index contributed by atoms with van der Waals surface area (Å²) in [5.74, 6) is 0.625. The Morgan fingerprint density at radius 1 is 0.896 bits per heavy atom. The zero-order chi connectivity index (χ0) is 34.5. The highest BCUT2D eigenvalue weighted by Gasteiger charge is 2.60. The van der Waals surface area contributed by atoms with Crippen molar-refractivity contribution < 1.29 is 17.9 Å². The second-order valence-corrected chi connectivity index (χ2v) is 16.7. The van der Waals surface area contributed by atoms with E-state index >= 15 is 4.79 Å². The Labute approximate surface area is 298 Å². The number of amidine groups is 1. The second kappa shape index (κ2) is 13.1. The predicted molar refractivity (Wildman–Crippen MR) is 192 cm³/mol. The molecule has 0 radical (unpaired) electrons. The topological polar surface area (TPSA) is 91.3 Å². The Morgan fingerprint density at radius 2 is 1.46 bits per heavy atom. The van der Waals surface area contributed by atoms with E-state index in [1.807, 2.05) is 74.2 Å². The van der Waals surface area contributed by atoms with Crippen LogP contribution in [0, 0.1) is 5.41 Å². The number of nitrogens with zero attached hydrogens (tertiary/aromatic N) is 3. The molecule has 48 heavy (non-hydrogen) atoms. The summed E-state index contributed by atoms with van der Waals surface area (Å²) in [6.45, 7) is 9.30. The van der Waals surface area contributed by atoms with Crippen LogP contribution in [0.1, 0.15) is 63.1 Å². The van der Waals surface area contributed by atoms with Crippen molar-refractivity contribution in [1.29, 1.82) is 0 Å². The standard InChI is InChI=1S/C36H41Cl3N4O4S/c1-5-47-30-23-29(39)31(48(4,45)46)22-28(30)32-41-34(2,24-6-10-26(37)11-7-24)35(3,25-8-12-27(38)13-9-25)43(32)33(44)42-20-16-36(17-21-42)14-18-40-19-15-36/h6-13,22-23,40H,5,14-21H2,1-4H3/t34-,35+/m0/s1. The summed E-state index contributed by atoms with van der Waals surface area (Å²) in [6, 6.07) is 17.7. The van der Waals surface area contributed by atoms with E-state index in [1.165, 1.54) is 12.1 Å². The van der Waals surface area contributed by atoms with Crippen LogP contribution in [-0.2, 0) is 20.9 Å². The highest BCUT2D eigenvalue weighted by molar-refractivity contribution is 7.90. The van der Waals surface area contributed by atoms with E-state index in [0.29, 0.717) is 40.3 Å². The maximum atomic E-state index is 15.2. The van der Waals surface area contributed by atoms with E-state index < -0.39 is 20.9 Å². The lowest BCUT2D eigenvalue weighted by Gasteiger charge is -2.49. The number of benzene rings is 3. The molecule has 3 aliphatic heterocycles. The van der Waals surface area contributed by atoms with Gasteiger partial charge in [-0.2, -0.15) is 0 Å². The molecule has 6 rings (SSSR count). The van der Waals surface area contributed by atoms with Gasteiger partial charge in [0, 0.05) is 35.5 Å². The molecule has 1 spiro atoms. The molecule has 2 amide bonds. The minimum Gasteiger partial charge on any atom is -0.493 e. The number of likely N-dealkylation sites (tertiary alicyclic amines) is 1. The summed E-state index contributed by atoms with van der Waals surface area (Å²) in [5, 5.41) is 4.63. The molecule has 2 saturated heterocycles. The Balaban J connectivity index is 1.59. The number of carbonyl (C=O) groups excluding carboxylic acids is 1. The summed E-state index contributed by atoms with van der Waals surface area (Å²) < 4.78 is 32.0. The number of urea groups is 1. The van der Waals surface area contributed by atoms with Crippen LogP contribution in [0.5, 0.6) is 5.75 Å². The summed E-state index contributed by atoms with van der Waals surface area (Å²) in [5.41, 5.74) is 0.0228. The molecule has 0 bridgehead atoms. The molecular weight excluding hydrogens is 691 g/mol. The molecule has 1 N–H and O–H groups in total. The average molecular weight is 732 g/mol. The van der Waals surface area contributed by atoms with Gasteiger partial charge in [0.25, 0.3) is 0 Å². The fourth-order valence-electron chi connectivity index (χ4n) is 7.61. The van der Waals surface area contributed by atoms with Crippen LogP contribution in [0.2, 0.25) is 15.1 Å². The van der Waals surface area contributed by atoms with Crippen LogP contribution in [0.15, 0.2) is 70.6 Å². The van der Waals surface area contributed by atoms with Crippen molar-refractivity contribution >= 4 is 56.5 Å². The van der Waals surface area contributed by atoms with Gasteiger partial charge in [-0.3, -0.25) is 9.89 Å². The van der Waals surface area contributed by atoms with E-state index in [0.717, 1.165) is 56.2 Å². The van der Waals surface area contributed by atoms with Crippen LogP contribution in [-0.4, -0.2) is 69.1 Å². The maximum Gasteiger partial charge on any atom is 0.326 e. The number of hydrogen-bond donors (Lipinski definition) is 1. The van der Waals surface area contributed by atoms with Gasteiger partial charge in [0.1, 0.15) is 22.7 Å². The molecule has 8 nitrogen and oxygen atoms in total. The molecule has 0 saturated carbocycles. The van der Waals surface area contributed by atoms with Gasteiger partial charge in [-0.05, 0) is 106 Å². The first-order valence-electron chi connectivity index (χ1n) is 16.3.